The van der Waals surface area contributed by atoms with Gasteiger partial charge in [-0.2, -0.15) is 0 Å². The number of nitrogens with zero attached hydrogens (tertiary/aromatic N) is 1. The zero-order valence-corrected chi connectivity index (χ0v) is 9.65. The molecule has 0 atom stereocenters. The first-order chi connectivity index (χ1) is 6.22. The van der Waals surface area contributed by atoms with Gasteiger partial charge in [-0.05, 0) is 12.1 Å². The summed E-state index contributed by atoms with van der Waals surface area (Å²) in [5.41, 5.74) is 5.96. The molecule has 0 unspecified atom stereocenters. The first-order valence-electron chi connectivity index (χ1n) is 3.61. The summed E-state index contributed by atoms with van der Waals surface area (Å²) in [6.07, 6.45) is 0. The summed E-state index contributed by atoms with van der Waals surface area (Å²) >= 11 is 1.12. The van der Waals surface area contributed by atoms with Crippen LogP contribution < -0.4 is 27.5 Å². The summed E-state index contributed by atoms with van der Waals surface area (Å²) in [7, 11) is 1.52. The monoisotopic (exact) mass is 278 g/mol. The summed E-state index contributed by atoms with van der Waals surface area (Å²) < 4.78 is 18.6. The number of thiazole rings is 1. The molecule has 1 aromatic carbocycles. The van der Waals surface area contributed by atoms with E-state index in [2.05, 4.69) is 4.98 Å². The van der Waals surface area contributed by atoms with Crippen molar-refractivity contribution in [2.75, 3.05) is 12.8 Å². The Bertz CT molecular complexity index is 465. The minimum absolute atomic E-state index is 0. The molecule has 76 valence electrons. The van der Waals surface area contributed by atoms with Crippen LogP contribution in [-0.2, 0) is 0 Å². The molecule has 0 aliphatic heterocycles. The summed E-state index contributed by atoms with van der Waals surface area (Å²) in [5.74, 6) is 0.231. The second-order valence-electron chi connectivity index (χ2n) is 2.48. The van der Waals surface area contributed by atoms with Crippen LogP contribution in [0.15, 0.2) is 12.1 Å². The number of nitrogen functional groups attached to an aromatic ring is 1. The second kappa shape index (κ2) is 4.10. The fraction of sp³-hybridized carbons (Fsp3) is 0.125. The summed E-state index contributed by atoms with van der Waals surface area (Å²) in [4.78, 5) is 3.98. The highest BCUT2D eigenvalue weighted by molar-refractivity contribution is 7.22. The first kappa shape index (κ1) is 11.2. The van der Waals surface area contributed by atoms with Crippen molar-refractivity contribution in [3.8, 4) is 5.75 Å². The van der Waals surface area contributed by atoms with Crippen LogP contribution in [0.4, 0.5) is 9.52 Å². The molecular weight excluding hydrogens is 271 g/mol. The molecular formula is C8H8BrFN2OS. The Morgan fingerprint density at radius 1 is 1.57 bits per heavy atom. The van der Waals surface area contributed by atoms with Gasteiger partial charge in [-0.25, -0.2) is 9.37 Å². The fourth-order valence-corrected chi connectivity index (χ4v) is 1.89. The van der Waals surface area contributed by atoms with Crippen LogP contribution in [0, 0.1) is 5.82 Å². The minimum Gasteiger partial charge on any atom is -1.00 e. The van der Waals surface area contributed by atoms with Gasteiger partial charge in [-0.3, -0.25) is 0 Å². The van der Waals surface area contributed by atoms with Crippen molar-refractivity contribution in [2.45, 2.75) is 0 Å². The minimum atomic E-state index is -0.315. The second-order valence-corrected chi connectivity index (χ2v) is 3.51. The molecule has 2 N–H and O–H groups in total. The van der Waals surface area contributed by atoms with E-state index in [1.165, 1.54) is 19.2 Å². The maximum absolute atomic E-state index is 13.2. The van der Waals surface area contributed by atoms with Crippen LogP contribution in [-0.4, -0.2) is 12.1 Å². The Hall–Kier alpha value is -0.880. The SMILES string of the molecule is COc1ccc(F)c2sc(N)nc12.[Br-].[H+]. The van der Waals surface area contributed by atoms with Gasteiger partial charge < -0.3 is 27.5 Å². The van der Waals surface area contributed by atoms with Crippen molar-refractivity contribution in [1.82, 2.24) is 4.98 Å². The van der Waals surface area contributed by atoms with Gasteiger partial charge >= 0.3 is 1.43 Å². The Balaban J connectivity index is 0.000000980. The van der Waals surface area contributed by atoms with Crippen molar-refractivity contribution < 1.29 is 27.5 Å². The van der Waals surface area contributed by atoms with Gasteiger partial charge in [0.25, 0.3) is 0 Å². The standard InChI is InChI=1S/C8H7FN2OS.BrH/c1-12-5-3-2-4(9)7-6(5)11-8(10)13-7;/h2-3H,1H3,(H2,10,11);1H. The predicted molar refractivity (Wildman–Crippen MR) is 51.7 cm³/mol. The molecule has 1 aromatic heterocycles. The maximum Gasteiger partial charge on any atom is 1.00 e. The Morgan fingerprint density at radius 2 is 2.29 bits per heavy atom. The van der Waals surface area contributed by atoms with Gasteiger partial charge in [0.1, 0.15) is 17.1 Å². The number of hydrogen-bond donors (Lipinski definition) is 1. The molecule has 0 fully saturated rings. The number of methoxy groups -OCH3 is 1. The van der Waals surface area contributed by atoms with Gasteiger partial charge in [-0.1, -0.05) is 11.3 Å². The number of halogens is 2. The average molecular weight is 279 g/mol. The number of fused-ring (bicyclic) bond motifs is 1. The van der Waals surface area contributed by atoms with E-state index in [0.29, 0.717) is 21.1 Å². The smallest absolute Gasteiger partial charge is 1.00 e. The normalized spacial score (nSPS) is 9.86. The highest BCUT2D eigenvalue weighted by atomic mass is 79.9. The predicted octanol–water partition coefficient (Wildman–Crippen LogP) is -0.857. The topological polar surface area (TPSA) is 48.1 Å². The highest BCUT2D eigenvalue weighted by Crippen LogP contribution is 2.32. The summed E-state index contributed by atoms with van der Waals surface area (Å²) in [6, 6.07) is 2.88. The van der Waals surface area contributed by atoms with Crippen molar-refractivity contribution >= 4 is 26.7 Å². The molecule has 0 radical (unpaired) electrons. The third-order valence-electron chi connectivity index (χ3n) is 1.69. The molecule has 0 saturated carbocycles. The molecule has 0 aliphatic rings. The zero-order chi connectivity index (χ0) is 9.42. The Labute approximate surface area is 96.0 Å². The van der Waals surface area contributed by atoms with E-state index >= 15 is 0 Å². The molecule has 6 heteroatoms. The van der Waals surface area contributed by atoms with Gasteiger partial charge in [0, 0.05) is 0 Å². The number of benzene rings is 1. The molecule has 1 heterocycles. The molecule has 2 rings (SSSR count). The summed E-state index contributed by atoms with van der Waals surface area (Å²) in [6.45, 7) is 0. The van der Waals surface area contributed by atoms with E-state index in [4.69, 9.17) is 10.5 Å². The molecule has 0 spiro atoms. The van der Waals surface area contributed by atoms with E-state index in [1.807, 2.05) is 0 Å². The van der Waals surface area contributed by atoms with Crippen LogP contribution in [0.25, 0.3) is 10.2 Å². The number of aromatic nitrogens is 1. The molecule has 14 heavy (non-hydrogen) atoms. The zero-order valence-electron chi connectivity index (χ0n) is 8.25. The maximum atomic E-state index is 13.2. The largest absolute Gasteiger partial charge is 1.00 e. The van der Waals surface area contributed by atoms with Gasteiger partial charge in [-0.15, -0.1) is 0 Å². The van der Waals surface area contributed by atoms with E-state index in [0.717, 1.165) is 11.3 Å². The van der Waals surface area contributed by atoms with Crippen LogP contribution in [0.1, 0.15) is 1.43 Å². The van der Waals surface area contributed by atoms with Crippen LogP contribution in [0.5, 0.6) is 5.75 Å². The van der Waals surface area contributed by atoms with Crippen molar-refractivity contribution in [2.24, 2.45) is 0 Å². The lowest BCUT2D eigenvalue weighted by Gasteiger charge is -1.99. The van der Waals surface area contributed by atoms with E-state index in [-0.39, 0.29) is 24.2 Å². The molecule has 0 bridgehead atoms. The number of anilines is 1. The quantitative estimate of drug-likeness (QED) is 0.739. The van der Waals surface area contributed by atoms with Gasteiger partial charge in [0.15, 0.2) is 5.13 Å². The molecule has 2 aromatic rings. The Kier molecular flexibility index (Phi) is 3.28. The number of hydrogen-bond acceptors (Lipinski definition) is 4. The van der Waals surface area contributed by atoms with Crippen LogP contribution >= 0.6 is 11.3 Å². The third-order valence-corrected chi connectivity index (χ3v) is 2.59. The lowest BCUT2D eigenvalue weighted by atomic mass is 10.3. The lowest BCUT2D eigenvalue weighted by Crippen LogP contribution is -3.00. The summed E-state index contributed by atoms with van der Waals surface area (Å²) in [5, 5.41) is 0.346. The highest BCUT2D eigenvalue weighted by Gasteiger charge is 2.10. The van der Waals surface area contributed by atoms with Crippen molar-refractivity contribution in [3.63, 3.8) is 0 Å². The van der Waals surface area contributed by atoms with Gasteiger partial charge in [0.05, 0.1) is 11.8 Å². The van der Waals surface area contributed by atoms with Crippen molar-refractivity contribution in [1.29, 1.82) is 0 Å². The van der Waals surface area contributed by atoms with Gasteiger partial charge in [0.2, 0.25) is 0 Å². The van der Waals surface area contributed by atoms with Crippen molar-refractivity contribution in [3.05, 3.63) is 17.9 Å². The molecule has 0 amide bonds. The number of ether oxygens (including phenoxy) is 1. The van der Waals surface area contributed by atoms with E-state index in [9.17, 15) is 4.39 Å². The van der Waals surface area contributed by atoms with Crippen LogP contribution in [0.2, 0.25) is 0 Å². The third kappa shape index (κ3) is 1.67. The lowest BCUT2D eigenvalue weighted by molar-refractivity contribution is -0.00000347. The first-order valence-corrected chi connectivity index (χ1v) is 4.42. The molecule has 0 saturated heterocycles. The number of nitrogens with two attached hydrogens (primary N) is 1. The fourth-order valence-electron chi connectivity index (χ4n) is 1.13. The van der Waals surface area contributed by atoms with E-state index in [1.54, 1.807) is 0 Å². The van der Waals surface area contributed by atoms with E-state index < -0.39 is 0 Å². The average Bonchev–Trinajstić information content (AvgIpc) is 2.48. The number of rotatable bonds is 1. The Morgan fingerprint density at radius 3 is 2.93 bits per heavy atom. The molecule has 0 aliphatic carbocycles. The molecule has 3 nitrogen and oxygen atoms in total. The van der Waals surface area contributed by atoms with Crippen LogP contribution in [0.3, 0.4) is 0 Å².